The summed E-state index contributed by atoms with van der Waals surface area (Å²) >= 11 is 6.02. The van der Waals surface area contributed by atoms with Crippen LogP contribution in [0.25, 0.3) is 0 Å². The van der Waals surface area contributed by atoms with Crippen LogP contribution in [-0.2, 0) is 10.0 Å². The number of benzene rings is 2. The van der Waals surface area contributed by atoms with Crippen LogP contribution < -0.4 is 5.32 Å². The zero-order chi connectivity index (χ0) is 20.5. The number of hydrogen-bond donors (Lipinski definition) is 1. The van der Waals surface area contributed by atoms with Crippen molar-refractivity contribution in [3.63, 3.8) is 0 Å². The van der Waals surface area contributed by atoms with Crippen LogP contribution in [0.1, 0.15) is 28.8 Å². The van der Waals surface area contributed by atoms with E-state index in [2.05, 4.69) is 5.32 Å². The van der Waals surface area contributed by atoms with E-state index in [1.807, 2.05) is 0 Å². The molecule has 0 radical (unpaired) electrons. The van der Waals surface area contributed by atoms with Gasteiger partial charge in [-0.15, -0.1) is 0 Å². The van der Waals surface area contributed by atoms with Gasteiger partial charge in [-0.05, 0) is 43.5 Å². The number of carbonyl (C=O) groups excluding carboxylic acids is 1. The Balaban J connectivity index is 1.92. The van der Waals surface area contributed by atoms with E-state index in [0.717, 1.165) is 18.9 Å². The zero-order valence-corrected chi connectivity index (χ0v) is 16.6. The van der Waals surface area contributed by atoms with Crippen molar-refractivity contribution in [1.82, 2.24) is 4.31 Å². The van der Waals surface area contributed by atoms with Gasteiger partial charge in [-0.1, -0.05) is 17.7 Å². The Bertz CT molecular complexity index is 1050. The Morgan fingerprint density at radius 1 is 1.18 bits per heavy atom. The normalized spacial score (nSPS) is 14.8. The van der Waals surface area contributed by atoms with Crippen LogP contribution in [0.4, 0.5) is 11.4 Å². The molecule has 1 aliphatic rings. The minimum Gasteiger partial charge on any atom is -0.320 e. The quantitative estimate of drug-likeness (QED) is 0.583. The number of nitrogens with one attached hydrogen (secondary N) is 1. The summed E-state index contributed by atoms with van der Waals surface area (Å²) in [5.74, 6) is -0.599. The Morgan fingerprint density at radius 3 is 2.50 bits per heavy atom. The predicted molar refractivity (Wildman–Crippen MR) is 105 cm³/mol. The molecule has 0 bridgehead atoms. The van der Waals surface area contributed by atoms with Crippen LogP contribution in [0.5, 0.6) is 0 Å². The van der Waals surface area contributed by atoms with E-state index in [0.29, 0.717) is 18.7 Å². The van der Waals surface area contributed by atoms with E-state index in [1.54, 1.807) is 13.0 Å². The summed E-state index contributed by atoms with van der Waals surface area (Å²) < 4.78 is 26.9. The van der Waals surface area contributed by atoms with E-state index in [9.17, 15) is 23.3 Å². The largest absolute Gasteiger partial charge is 0.320 e. The number of sulfonamides is 1. The number of amides is 1. The fraction of sp³-hybridized carbons (Fsp3) is 0.278. The van der Waals surface area contributed by atoms with Crippen LogP contribution in [0.3, 0.4) is 0 Å². The highest BCUT2D eigenvalue weighted by Crippen LogP contribution is 2.28. The molecule has 148 valence electrons. The lowest BCUT2D eigenvalue weighted by Crippen LogP contribution is -2.28. The number of rotatable bonds is 5. The highest BCUT2D eigenvalue weighted by atomic mass is 35.5. The minimum absolute atomic E-state index is 0.0373. The van der Waals surface area contributed by atoms with E-state index < -0.39 is 20.9 Å². The molecule has 2 aromatic carbocycles. The number of carbonyl (C=O) groups is 1. The smallest absolute Gasteiger partial charge is 0.271 e. The highest BCUT2D eigenvalue weighted by molar-refractivity contribution is 7.89. The van der Waals surface area contributed by atoms with Crippen molar-refractivity contribution in [2.45, 2.75) is 24.7 Å². The predicted octanol–water partition coefficient (Wildman–Crippen LogP) is 3.59. The average molecular weight is 424 g/mol. The maximum absolute atomic E-state index is 12.8. The molecular formula is C18H18ClN3O5S. The minimum atomic E-state index is -3.67. The molecule has 0 aromatic heterocycles. The van der Waals surface area contributed by atoms with E-state index in [1.165, 1.54) is 28.6 Å². The van der Waals surface area contributed by atoms with Gasteiger partial charge in [-0.2, -0.15) is 4.31 Å². The highest BCUT2D eigenvalue weighted by Gasteiger charge is 2.28. The van der Waals surface area contributed by atoms with Crippen molar-refractivity contribution in [1.29, 1.82) is 0 Å². The first-order valence-electron chi connectivity index (χ1n) is 8.56. The zero-order valence-electron chi connectivity index (χ0n) is 15.0. The average Bonchev–Trinajstić information content (AvgIpc) is 3.19. The van der Waals surface area contributed by atoms with E-state index >= 15 is 0 Å². The molecular weight excluding hydrogens is 406 g/mol. The van der Waals surface area contributed by atoms with Gasteiger partial charge >= 0.3 is 0 Å². The molecule has 0 unspecified atom stereocenters. The van der Waals surface area contributed by atoms with Crippen molar-refractivity contribution >= 4 is 38.9 Å². The Labute approximate surface area is 167 Å². The summed E-state index contributed by atoms with van der Waals surface area (Å²) in [6, 6.07) is 8.06. The standard InChI is InChI=1S/C18H18ClN3O5S/c1-12-4-6-14(28(26,27)21-8-2-3-9-21)11-15(12)18(23)20-17-10-13(22(24)25)5-7-16(17)19/h4-7,10-11H,2-3,8-9H2,1H3,(H,20,23). The summed E-state index contributed by atoms with van der Waals surface area (Å²) in [4.78, 5) is 23.1. The summed E-state index contributed by atoms with van der Waals surface area (Å²) in [6.45, 7) is 2.60. The number of hydrogen-bond acceptors (Lipinski definition) is 5. The van der Waals surface area contributed by atoms with Crippen LogP contribution in [0.2, 0.25) is 5.02 Å². The Hall–Kier alpha value is -2.49. The van der Waals surface area contributed by atoms with Gasteiger partial charge in [0.1, 0.15) is 0 Å². The molecule has 0 aliphatic carbocycles. The molecule has 1 amide bonds. The monoisotopic (exact) mass is 423 g/mol. The first-order valence-corrected chi connectivity index (χ1v) is 10.4. The molecule has 0 spiro atoms. The van der Waals surface area contributed by atoms with Gasteiger partial charge < -0.3 is 5.32 Å². The van der Waals surface area contributed by atoms with Gasteiger partial charge in [0.15, 0.2) is 0 Å². The number of non-ortho nitro benzene ring substituents is 1. The molecule has 28 heavy (non-hydrogen) atoms. The molecule has 3 rings (SSSR count). The van der Waals surface area contributed by atoms with Gasteiger partial charge in [0.05, 0.1) is 20.5 Å². The number of halogens is 1. The van der Waals surface area contributed by atoms with Gasteiger partial charge in [0.25, 0.3) is 11.6 Å². The third-order valence-corrected chi connectivity index (χ3v) is 6.79. The summed E-state index contributed by atoms with van der Waals surface area (Å²) in [5.41, 5.74) is 0.581. The van der Waals surface area contributed by atoms with Crippen LogP contribution in [0.15, 0.2) is 41.3 Å². The molecule has 1 saturated heterocycles. The fourth-order valence-electron chi connectivity index (χ4n) is 3.00. The second kappa shape index (κ2) is 7.86. The van der Waals surface area contributed by atoms with Crippen LogP contribution in [0, 0.1) is 17.0 Å². The lowest BCUT2D eigenvalue weighted by molar-refractivity contribution is -0.384. The molecule has 0 saturated carbocycles. The van der Waals surface area contributed by atoms with Gasteiger partial charge in [-0.25, -0.2) is 8.42 Å². The molecule has 1 fully saturated rings. The lowest BCUT2D eigenvalue weighted by atomic mass is 10.1. The number of nitro groups is 1. The number of aryl methyl sites for hydroxylation is 1. The fourth-order valence-corrected chi connectivity index (χ4v) is 4.70. The summed E-state index contributed by atoms with van der Waals surface area (Å²) in [7, 11) is -3.67. The van der Waals surface area contributed by atoms with E-state index in [4.69, 9.17) is 11.6 Å². The van der Waals surface area contributed by atoms with Crippen molar-refractivity contribution in [3.05, 3.63) is 62.7 Å². The van der Waals surface area contributed by atoms with Crippen LogP contribution >= 0.6 is 11.6 Å². The lowest BCUT2D eigenvalue weighted by Gasteiger charge is -2.17. The maximum Gasteiger partial charge on any atom is 0.271 e. The second-order valence-corrected chi connectivity index (χ2v) is 8.81. The van der Waals surface area contributed by atoms with Crippen molar-refractivity contribution in [2.24, 2.45) is 0 Å². The van der Waals surface area contributed by atoms with E-state index in [-0.39, 0.29) is 26.9 Å². The molecule has 1 N–H and O–H groups in total. The summed E-state index contributed by atoms with van der Waals surface area (Å²) in [5, 5.41) is 13.6. The molecule has 8 nitrogen and oxygen atoms in total. The number of nitrogens with zero attached hydrogens (tertiary/aromatic N) is 2. The first kappa shape index (κ1) is 20.2. The van der Waals surface area contributed by atoms with Gasteiger partial charge in [-0.3, -0.25) is 14.9 Å². The number of nitro benzene ring substituents is 1. The molecule has 0 atom stereocenters. The molecule has 1 heterocycles. The maximum atomic E-state index is 12.8. The Kier molecular flexibility index (Phi) is 5.69. The molecule has 2 aromatic rings. The molecule has 10 heteroatoms. The topological polar surface area (TPSA) is 110 Å². The van der Waals surface area contributed by atoms with Crippen molar-refractivity contribution in [2.75, 3.05) is 18.4 Å². The summed E-state index contributed by atoms with van der Waals surface area (Å²) in [6.07, 6.45) is 1.62. The van der Waals surface area contributed by atoms with Crippen molar-refractivity contribution < 1.29 is 18.1 Å². The SMILES string of the molecule is Cc1ccc(S(=O)(=O)N2CCCC2)cc1C(=O)Nc1cc([N+](=O)[O-])ccc1Cl. The molecule has 1 aliphatic heterocycles. The third-order valence-electron chi connectivity index (χ3n) is 4.57. The van der Waals surface area contributed by atoms with Gasteiger partial charge in [0, 0.05) is 30.8 Å². The third kappa shape index (κ3) is 4.01. The Morgan fingerprint density at radius 2 is 1.86 bits per heavy atom. The number of anilines is 1. The van der Waals surface area contributed by atoms with Crippen LogP contribution in [-0.4, -0.2) is 36.6 Å². The van der Waals surface area contributed by atoms with Crippen molar-refractivity contribution in [3.8, 4) is 0 Å². The second-order valence-electron chi connectivity index (χ2n) is 6.46. The first-order chi connectivity index (χ1) is 13.2. The van der Waals surface area contributed by atoms with Gasteiger partial charge in [0.2, 0.25) is 10.0 Å².